The summed E-state index contributed by atoms with van der Waals surface area (Å²) in [7, 11) is 2.95. The summed E-state index contributed by atoms with van der Waals surface area (Å²) in [6, 6.07) is 5.92. The summed E-state index contributed by atoms with van der Waals surface area (Å²) in [5, 5.41) is 3.29. The molecule has 0 bridgehead atoms. The molecule has 0 saturated carbocycles. The van der Waals surface area contributed by atoms with Gasteiger partial charge in [-0.25, -0.2) is 14.2 Å². The zero-order valence-electron chi connectivity index (χ0n) is 17.8. The summed E-state index contributed by atoms with van der Waals surface area (Å²) in [6.07, 6.45) is 1.97. The molecular formula is C21H24FN5O4S. The van der Waals surface area contributed by atoms with Crippen LogP contribution in [0.2, 0.25) is 0 Å². The van der Waals surface area contributed by atoms with Gasteiger partial charge in [-0.3, -0.25) is 18.7 Å². The maximum atomic E-state index is 13.3. The SMILES string of the molecule is Cn1c(=O)c2c(nc(SCC(=O)NC[C@H]3CCCO3)n2Cc2ccc(F)cc2)n(C)c1=O. The molecule has 1 saturated heterocycles. The molecule has 1 atom stereocenters. The molecule has 0 radical (unpaired) electrons. The number of imidazole rings is 1. The number of carbonyl (C=O) groups excluding carboxylic acids is 1. The van der Waals surface area contributed by atoms with E-state index in [9.17, 15) is 18.8 Å². The minimum absolute atomic E-state index is 0.0459. The number of benzene rings is 1. The predicted octanol–water partition coefficient (Wildman–Crippen LogP) is 1.01. The maximum Gasteiger partial charge on any atom is 0.332 e. The minimum atomic E-state index is -0.486. The fourth-order valence-corrected chi connectivity index (χ4v) is 4.49. The third-order valence-corrected chi connectivity index (χ3v) is 6.43. The van der Waals surface area contributed by atoms with Crippen LogP contribution in [-0.4, -0.2) is 49.6 Å². The van der Waals surface area contributed by atoms with E-state index in [0.29, 0.717) is 11.7 Å². The molecule has 1 amide bonds. The van der Waals surface area contributed by atoms with Crippen LogP contribution in [0.25, 0.3) is 11.2 Å². The Kier molecular flexibility index (Phi) is 6.47. The van der Waals surface area contributed by atoms with E-state index in [2.05, 4.69) is 10.3 Å². The molecule has 11 heteroatoms. The third-order valence-electron chi connectivity index (χ3n) is 5.45. The molecule has 170 valence electrons. The average molecular weight is 462 g/mol. The van der Waals surface area contributed by atoms with E-state index in [1.54, 1.807) is 23.7 Å². The fraction of sp³-hybridized carbons (Fsp3) is 0.429. The lowest BCUT2D eigenvalue weighted by molar-refractivity contribution is -0.119. The van der Waals surface area contributed by atoms with E-state index in [1.807, 2.05) is 0 Å². The molecule has 3 heterocycles. The smallest absolute Gasteiger partial charge is 0.332 e. The number of carbonyl (C=O) groups is 1. The van der Waals surface area contributed by atoms with Crippen molar-refractivity contribution < 1.29 is 13.9 Å². The maximum absolute atomic E-state index is 13.3. The molecule has 9 nitrogen and oxygen atoms in total. The second-order valence-corrected chi connectivity index (χ2v) is 8.66. The second kappa shape index (κ2) is 9.29. The molecule has 1 fully saturated rings. The number of nitrogens with zero attached hydrogens (tertiary/aromatic N) is 4. The number of thioether (sulfide) groups is 1. The van der Waals surface area contributed by atoms with Gasteiger partial charge in [0.25, 0.3) is 5.56 Å². The second-order valence-electron chi connectivity index (χ2n) is 7.71. The van der Waals surface area contributed by atoms with Gasteiger partial charge in [-0.05, 0) is 30.5 Å². The van der Waals surface area contributed by atoms with Gasteiger partial charge in [-0.15, -0.1) is 0 Å². The van der Waals surface area contributed by atoms with E-state index >= 15 is 0 Å². The number of fused-ring (bicyclic) bond motifs is 1. The van der Waals surface area contributed by atoms with Crippen molar-refractivity contribution in [1.29, 1.82) is 0 Å². The minimum Gasteiger partial charge on any atom is -0.376 e. The highest BCUT2D eigenvalue weighted by atomic mass is 32.2. The number of aryl methyl sites for hydroxylation is 1. The zero-order valence-corrected chi connectivity index (χ0v) is 18.7. The first-order valence-electron chi connectivity index (χ1n) is 10.3. The highest BCUT2D eigenvalue weighted by Gasteiger charge is 2.21. The van der Waals surface area contributed by atoms with E-state index in [4.69, 9.17) is 4.74 Å². The fourth-order valence-electron chi connectivity index (χ4n) is 3.67. The molecule has 1 aromatic carbocycles. The van der Waals surface area contributed by atoms with Gasteiger partial charge in [0.05, 0.1) is 18.4 Å². The number of hydrogen-bond donors (Lipinski definition) is 1. The Balaban J connectivity index is 1.64. The summed E-state index contributed by atoms with van der Waals surface area (Å²) in [6.45, 7) is 1.42. The van der Waals surface area contributed by atoms with Gasteiger partial charge in [0.15, 0.2) is 16.3 Å². The Morgan fingerprint density at radius 1 is 1.25 bits per heavy atom. The quantitative estimate of drug-likeness (QED) is 0.527. The molecule has 1 N–H and O–H groups in total. The number of nitrogens with one attached hydrogen (secondary N) is 1. The van der Waals surface area contributed by atoms with Crippen LogP contribution in [0.1, 0.15) is 18.4 Å². The van der Waals surface area contributed by atoms with Crippen molar-refractivity contribution in [2.45, 2.75) is 30.6 Å². The number of aromatic nitrogens is 4. The normalized spacial score (nSPS) is 16.0. The zero-order chi connectivity index (χ0) is 22.8. The van der Waals surface area contributed by atoms with Crippen molar-refractivity contribution in [2.75, 3.05) is 18.9 Å². The van der Waals surface area contributed by atoms with Crippen LogP contribution in [-0.2, 0) is 30.2 Å². The summed E-state index contributed by atoms with van der Waals surface area (Å²) < 4.78 is 22.8. The van der Waals surface area contributed by atoms with Gasteiger partial charge in [0, 0.05) is 27.2 Å². The molecule has 32 heavy (non-hydrogen) atoms. The van der Waals surface area contributed by atoms with Crippen LogP contribution in [0.5, 0.6) is 0 Å². The van der Waals surface area contributed by atoms with Crippen molar-refractivity contribution in [3.63, 3.8) is 0 Å². The third kappa shape index (κ3) is 4.49. The Morgan fingerprint density at radius 3 is 2.69 bits per heavy atom. The first-order chi connectivity index (χ1) is 15.3. The predicted molar refractivity (Wildman–Crippen MR) is 118 cm³/mol. The summed E-state index contributed by atoms with van der Waals surface area (Å²) in [5.74, 6) is -0.444. The van der Waals surface area contributed by atoms with Crippen molar-refractivity contribution in [2.24, 2.45) is 14.1 Å². The molecule has 0 spiro atoms. The molecule has 1 aliphatic rings. The Morgan fingerprint density at radius 2 is 2.00 bits per heavy atom. The summed E-state index contributed by atoms with van der Waals surface area (Å²) >= 11 is 1.18. The molecule has 0 unspecified atom stereocenters. The lowest BCUT2D eigenvalue weighted by Crippen LogP contribution is -2.37. The lowest BCUT2D eigenvalue weighted by atomic mass is 10.2. The van der Waals surface area contributed by atoms with Crippen LogP contribution >= 0.6 is 11.8 Å². The number of ether oxygens (including phenoxy) is 1. The Hall–Kier alpha value is -2.92. The van der Waals surface area contributed by atoms with Gasteiger partial charge < -0.3 is 14.6 Å². The molecule has 2 aromatic heterocycles. The molecule has 1 aliphatic heterocycles. The number of halogens is 1. The number of amides is 1. The average Bonchev–Trinajstić information content (AvgIpc) is 3.43. The van der Waals surface area contributed by atoms with E-state index in [0.717, 1.165) is 29.6 Å². The van der Waals surface area contributed by atoms with Crippen molar-refractivity contribution in [3.8, 4) is 0 Å². The topological polar surface area (TPSA) is 100 Å². The first-order valence-corrected chi connectivity index (χ1v) is 11.3. The highest BCUT2D eigenvalue weighted by Crippen LogP contribution is 2.23. The Bertz CT molecular complexity index is 1260. The Labute approximate surface area is 187 Å². The van der Waals surface area contributed by atoms with Crippen LogP contribution in [0, 0.1) is 5.82 Å². The highest BCUT2D eigenvalue weighted by molar-refractivity contribution is 7.99. The van der Waals surface area contributed by atoms with Crippen LogP contribution in [0.4, 0.5) is 4.39 Å². The van der Waals surface area contributed by atoms with Crippen molar-refractivity contribution in [3.05, 3.63) is 56.5 Å². The summed E-state index contributed by atoms with van der Waals surface area (Å²) in [5.41, 5.74) is 0.280. The van der Waals surface area contributed by atoms with E-state index in [1.165, 1.54) is 35.5 Å². The summed E-state index contributed by atoms with van der Waals surface area (Å²) in [4.78, 5) is 42.1. The lowest BCUT2D eigenvalue weighted by Gasteiger charge is -2.11. The van der Waals surface area contributed by atoms with Crippen LogP contribution in [0.3, 0.4) is 0 Å². The monoisotopic (exact) mass is 461 g/mol. The standard InChI is InChI=1S/C21H24FN5O4S/c1-25-18-17(19(29)26(2)21(25)30)27(11-13-5-7-14(22)8-6-13)20(24-18)32-12-16(28)23-10-15-4-3-9-31-15/h5-8,15H,3-4,9-12H2,1-2H3,(H,23,28)/t15-/m1/s1. The van der Waals surface area contributed by atoms with Crippen LogP contribution in [0.15, 0.2) is 39.0 Å². The van der Waals surface area contributed by atoms with Gasteiger partial charge in [0.1, 0.15) is 5.82 Å². The van der Waals surface area contributed by atoms with Gasteiger partial charge in [-0.2, -0.15) is 0 Å². The largest absolute Gasteiger partial charge is 0.376 e. The van der Waals surface area contributed by atoms with E-state index in [-0.39, 0.29) is 41.3 Å². The molecule has 4 rings (SSSR count). The first kappa shape index (κ1) is 22.3. The van der Waals surface area contributed by atoms with Gasteiger partial charge in [-0.1, -0.05) is 23.9 Å². The van der Waals surface area contributed by atoms with Gasteiger partial charge >= 0.3 is 5.69 Å². The van der Waals surface area contributed by atoms with Crippen LogP contribution < -0.4 is 16.6 Å². The van der Waals surface area contributed by atoms with Crippen molar-refractivity contribution >= 4 is 28.8 Å². The molecule has 0 aliphatic carbocycles. The molecular weight excluding hydrogens is 437 g/mol. The van der Waals surface area contributed by atoms with Gasteiger partial charge in [0.2, 0.25) is 5.91 Å². The number of rotatable bonds is 7. The van der Waals surface area contributed by atoms with Crippen molar-refractivity contribution in [1.82, 2.24) is 24.0 Å². The molecule has 3 aromatic rings. The number of hydrogen-bond acceptors (Lipinski definition) is 6. The van der Waals surface area contributed by atoms with E-state index < -0.39 is 11.2 Å².